The summed E-state index contributed by atoms with van der Waals surface area (Å²) >= 11 is 0. The number of piperidine rings is 1. The van der Waals surface area contributed by atoms with E-state index in [9.17, 15) is 4.79 Å². The monoisotopic (exact) mass is 253 g/mol. The zero-order valence-corrected chi connectivity index (χ0v) is 11.9. The predicted molar refractivity (Wildman–Crippen MR) is 72.4 cm³/mol. The van der Waals surface area contributed by atoms with Crippen LogP contribution in [0.2, 0.25) is 0 Å². The summed E-state index contributed by atoms with van der Waals surface area (Å²) in [4.78, 5) is 14.6. The molecule has 2 rings (SSSR count). The van der Waals surface area contributed by atoms with E-state index in [4.69, 9.17) is 4.74 Å². The standard InChI is InChI=1S/C15H27NO2/c1-3-5-7-12-10-11-13-8-6-9-14(16(12)13)15(17)18-4-2/h12-14H,3-11H2,1-2H3/t12-,13+,14-/m0/s1. The first-order valence-corrected chi connectivity index (χ1v) is 7.72. The van der Waals surface area contributed by atoms with Crippen LogP contribution in [0.15, 0.2) is 0 Å². The summed E-state index contributed by atoms with van der Waals surface area (Å²) in [6.07, 6.45) is 9.80. The average Bonchev–Trinajstić information content (AvgIpc) is 2.79. The number of fused-ring (bicyclic) bond motifs is 1. The van der Waals surface area contributed by atoms with Gasteiger partial charge in [-0.1, -0.05) is 19.8 Å². The number of esters is 1. The zero-order chi connectivity index (χ0) is 13.0. The highest BCUT2D eigenvalue weighted by atomic mass is 16.5. The lowest BCUT2D eigenvalue weighted by molar-refractivity contribution is -0.152. The molecule has 0 saturated carbocycles. The summed E-state index contributed by atoms with van der Waals surface area (Å²) in [5.41, 5.74) is 0. The molecule has 0 bridgehead atoms. The Hall–Kier alpha value is -0.570. The molecule has 2 saturated heterocycles. The lowest BCUT2D eigenvalue weighted by Gasteiger charge is -2.39. The molecule has 0 radical (unpaired) electrons. The number of hydrogen-bond donors (Lipinski definition) is 0. The van der Waals surface area contributed by atoms with Crippen LogP contribution in [0.1, 0.15) is 65.2 Å². The highest BCUT2D eigenvalue weighted by Gasteiger charge is 2.43. The van der Waals surface area contributed by atoms with Crippen LogP contribution >= 0.6 is 0 Å². The summed E-state index contributed by atoms with van der Waals surface area (Å²) in [7, 11) is 0. The second-order valence-corrected chi connectivity index (χ2v) is 5.67. The van der Waals surface area contributed by atoms with Crippen molar-refractivity contribution in [2.45, 2.75) is 83.3 Å². The van der Waals surface area contributed by atoms with E-state index in [0.29, 0.717) is 18.7 Å². The minimum Gasteiger partial charge on any atom is -0.465 e. The van der Waals surface area contributed by atoms with Crippen molar-refractivity contribution in [3.63, 3.8) is 0 Å². The van der Waals surface area contributed by atoms with Crippen LogP contribution in [0.3, 0.4) is 0 Å². The molecule has 18 heavy (non-hydrogen) atoms. The Kier molecular flexibility index (Phi) is 5.04. The summed E-state index contributed by atoms with van der Waals surface area (Å²) in [5, 5.41) is 0. The van der Waals surface area contributed by atoms with Crippen LogP contribution in [0.25, 0.3) is 0 Å². The van der Waals surface area contributed by atoms with E-state index < -0.39 is 0 Å². The fourth-order valence-corrected chi connectivity index (χ4v) is 3.69. The van der Waals surface area contributed by atoms with Gasteiger partial charge in [-0.25, -0.2) is 0 Å². The van der Waals surface area contributed by atoms with Gasteiger partial charge in [0.05, 0.1) is 6.61 Å². The summed E-state index contributed by atoms with van der Waals surface area (Å²) < 4.78 is 5.26. The van der Waals surface area contributed by atoms with E-state index >= 15 is 0 Å². The molecule has 2 heterocycles. The maximum Gasteiger partial charge on any atom is 0.323 e. The second-order valence-electron chi connectivity index (χ2n) is 5.67. The number of ether oxygens (including phenoxy) is 1. The van der Waals surface area contributed by atoms with E-state index in [1.807, 2.05) is 6.92 Å². The Morgan fingerprint density at radius 2 is 2.06 bits per heavy atom. The number of hydrogen-bond acceptors (Lipinski definition) is 3. The Morgan fingerprint density at radius 3 is 2.78 bits per heavy atom. The molecule has 2 aliphatic heterocycles. The maximum absolute atomic E-state index is 12.1. The highest BCUT2D eigenvalue weighted by molar-refractivity contribution is 5.76. The first-order valence-electron chi connectivity index (χ1n) is 7.72. The van der Waals surface area contributed by atoms with Gasteiger partial charge in [0.1, 0.15) is 6.04 Å². The minimum atomic E-state index is 0.0191. The Bertz CT molecular complexity index is 280. The van der Waals surface area contributed by atoms with E-state index in [-0.39, 0.29) is 12.0 Å². The van der Waals surface area contributed by atoms with Crippen molar-refractivity contribution in [3.8, 4) is 0 Å². The molecule has 0 unspecified atom stereocenters. The van der Waals surface area contributed by atoms with Crippen molar-refractivity contribution in [2.24, 2.45) is 0 Å². The molecular formula is C15H27NO2. The Morgan fingerprint density at radius 1 is 1.22 bits per heavy atom. The molecule has 0 aliphatic carbocycles. The predicted octanol–water partition coefficient (Wildman–Crippen LogP) is 3.13. The van der Waals surface area contributed by atoms with E-state index in [1.54, 1.807) is 0 Å². The van der Waals surface area contributed by atoms with Gasteiger partial charge in [0.15, 0.2) is 0 Å². The van der Waals surface area contributed by atoms with Crippen LogP contribution in [0.4, 0.5) is 0 Å². The number of rotatable bonds is 5. The summed E-state index contributed by atoms with van der Waals surface area (Å²) in [6, 6.07) is 1.33. The minimum absolute atomic E-state index is 0.0191. The van der Waals surface area contributed by atoms with E-state index in [2.05, 4.69) is 11.8 Å². The van der Waals surface area contributed by atoms with Crippen LogP contribution in [-0.4, -0.2) is 35.6 Å². The zero-order valence-electron chi connectivity index (χ0n) is 11.9. The van der Waals surface area contributed by atoms with Gasteiger partial charge in [-0.2, -0.15) is 0 Å². The van der Waals surface area contributed by atoms with Gasteiger partial charge in [-0.15, -0.1) is 0 Å². The quantitative estimate of drug-likeness (QED) is 0.705. The molecule has 0 spiro atoms. The van der Waals surface area contributed by atoms with Crippen LogP contribution in [0.5, 0.6) is 0 Å². The number of unbranched alkanes of at least 4 members (excludes halogenated alkanes) is 1. The van der Waals surface area contributed by atoms with Gasteiger partial charge in [0.2, 0.25) is 0 Å². The van der Waals surface area contributed by atoms with Gasteiger partial charge in [-0.3, -0.25) is 9.69 Å². The lowest BCUT2D eigenvalue weighted by Crippen LogP contribution is -2.51. The number of carbonyl (C=O) groups is 1. The third-order valence-electron chi connectivity index (χ3n) is 4.50. The van der Waals surface area contributed by atoms with Crippen molar-refractivity contribution in [1.82, 2.24) is 4.90 Å². The van der Waals surface area contributed by atoms with Crippen molar-refractivity contribution in [1.29, 1.82) is 0 Å². The van der Waals surface area contributed by atoms with Gasteiger partial charge in [0.25, 0.3) is 0 Å². The fraction of sp³-hybridized carbons (Fsp3) is 0.933. The molecule has 0 aromatic rings. The van der Waals surface area contributed by atoms with Crippen LogP contribution < -0.4 is 0 Å². The molecule has 0 aromatic carbocycles. The normalized spacial score (nSPS) is 32.2. The molecule has 104 valence electrons. The van der Waals surface area contributed by atoms with Crippen LogP contribution in [0, 0.1) is 0 Å². The van der Waals surface area contributed by atoms with Gasteiger partial charge in [-0.05, 0) is 45.4 Å². The smallest absolute Gasteiger partial charge is 0.323 e. The van der Waals surface area contributed by atoms with Crippen molar-refractivity contribution < 1.29 is 9.53 Å². The fourth-order valence-electron chi connectivity index (χ4n) is 3.69. The average molecular weight is 253 g/mol. The molecule has 3 nitrogen and oxygen atoms in total. The van der Waals surface area contributed by atoms with Gasteiger partial charge in [0, 0.05) is 12.1 Å². The topological polar surface area (TPSA) is 29.5 Å². The third-order valence-corrected chi connectivity index (χ3v) is 4.50. The SMILES string of the molecule is CCCC[C@H]1CC[C@H]2CCC[C@@H](C(=O)OCC)N21. The molecule has 2 fully saturated rings. The first kappa shape index (κ1) is 13.9. The molecule has 3 atom stereocenters. The first-order chi connectivity index (χ1) is 8.77. The van der Waals surface area contributed by atoms with Gasteiger partial charge < -0.3 is 4.74 Å². The Labute approximate surface area is 111 Å². The van der Waals surface area contributed by atoms with E-state index in [1.165, 1.54) is 44.9 Å². The van der Waals surface area contributed by atoms with E-state index in [0.717, 1.165) is 6.42 Å². The maximum atomic E-state index is 12.1. The molecule has 3 heteroatoms. The summed E-state index contributed by atoms with van der Waals surface area (Å²) in [5.74, 6) is 0.0191. The molecule has 0 N–H and O–H groups in total. The molecule has 2 aliphatic rings. The molecule has 0 aromatic heterocycles. The number of carbonyl (C=O) groups excluding carboxylic acids is 1. The largest absolute Gasteiger partial charge is 0.465 e. The lowest BCUT2D eigenvalue weighted by atomic mass is 9.96. The van der Waals surface area contributed by atoms with Crippen molar-refractivity contribution in [2.75, 3.05) is 6.61 Å². The second kappa shape index (κ2) is 6.55. The molecular weight excluding hydrogens is 226 g/mol. The summed E-state index contributed by atoms with van der Waals surface area (Å²) in [6.45, 7) is 4.65. The number of nitrogens with zero attached hydrogens (tertiary/aromatic N) is 1. The Balaban J connectivity index is 2.02. The highest BCUT2D eigenvalue weighted by Crippen LogP contribution is 2.37. The molecule has 0 amide bonds. The third kappa shape index (κ3) is 2.87. The van der Waals surface area contributed by atoms with Crippen molar-refractivity contribution in [3.05, 3.63) is 0 Å². The van der Waals surface area contributed by atoms with Crippen molar-refractivity contribution >= 4 is 5.97 Å². The van der Waals surface area contributed by atoms with Crippen LogP contribution in [-0.2, 0) is 9.53 Å². The van der Waals surface area contributed by atoms with Gasteiger partial charge >= 0.3 is 5.97 Å².